The van der Waals surface area contributed by atoms with Crippen LogP contribution in [-0.2, 0) is 10.3 Å². The van der Waals surface area contributed by atoms with Gasteiger partial charge in [-0.2, -0.15) is 48.3 Å². The molecule has 33 heavy (non-hydrogen) atoms. The van der Waals surface area contributed by atoms with E-state index in [1.807, 2.05) is 0 Å². The lowest BCUT2D eigenvalue weighted by molar-refractivity contribution is -0.424. The zero-order chi connectivity index (χ0) is 25.5. The lowest BCUT2D eigenvalue weighted by Gasteiger charge is -2.40. The van der Waals surface area contributed by atoms with E-state index in [0.29, 0.717) is 5.56 Å². The lowest BCUT2D eigenvalue weighted by atomic mass is 9.81. The van der Waals surface area contributed by atoms with Crippen LogP contribution in [0.3, 0.4) is 0 Å². The van der Waals surface area contributed by atoms with Gasteiger partial charge in [0, 0.05) is 7.11 Å². The largest absolute Gasteiger partial charge is 0.460 e. The molecule has 1 nitrogen and oxygen atoms in total. The summed E-state index contributed by atoms with van der Waals surface area (Å²) < 4.78 is 153. The quantitative estimate of drug-likeness (QED) is 0.342. The maximum absolute atomic E-state index is 14.5. The van der Waals surface area contributed by atoms with Crippen molar-refractivity contribution in [2.24, 2.45) is 0 Å². The summed E-state index contributed by atoms with van der Waals surface area (Å²) >= 11 is 0. The van der Waals surface area contributed by atoms with Gasteiger partial charge in [-0.3, -0.25) is 0 Å². The Morgan fingerprint density at radius 1 is 0.636 bits per heavy atom. The van der Waals surface area contributed by atoms with Gasteiger partial charge in [0.15, 0.2) is 0 Å². The molecular formula is C21H17F11O. The molecule has 0 aliphatic rings. The third kappa shape index (κ3) is 4.41. The van der Waals surface area contributed by atoms with Gasteiger partial charge < -0.3 is 4.74 Å². The van der Waals surface area contributed by atoms with E-state index in [1.54, 1.807) is 18.2 Å². The molecule has 0 bridgehead atoms. The molecule has 0 heterocycles. The maximum atomic E-state index is 14.5. The van der Waals surface area contributed by atoms with Crippen molar-refractivity contribution in [3.63, 3.8) is 0 Å². The first-order valence-corrected chi connectivity index (χ1v) is 9.14. The fraction of sp³-hybridized carbons (Fsp3) is 0.429. The molecule has 0 saturated carbocycles. The van der Waals surface area contributed by atoms with Crippen molar-refractivity contribution in [2.75, 3.05) is 7.11 Å². The van der Waals surface area contributed by atoms with Crippen LogP contribution in [-0.4, -0.2) is 37.0 Å². The van der Waals surface area contributed by atoms with Crippen LogP contribution in [0.4, 0.5) is 48.3 Å². The van der Waals surface area contributed by atoms with Gasteiger partial charge in [0.05, 0.1) is 12.0 Å². The summed E-state index contributed by atoms with van der Waals surface area (Å²) in [5.74, 6) is -28.0. The number of benzene rings is 2. The average molecular weight is 494 g/mol. The SMILES string of the molecule is COC(C)(CC(F)(F)C(F)(F)C(F)(F)C(F)(F)C(F)(F)F)c1ccccc1-c1ccccc1. The highest BCUT2D eigenvalue weighted by Crippen LogP contribution is 2.59. The molecule has 0 fully saturated rings. The number of rotatable bonds is 8. The molecule has 0 amide bonds. The lowest BCUT2D eigenvalue weighted by Crippen LogP contribution is -2.67. The summed E-state index contributed by atoms with van der Waals surface area (Å²) in [7, 11) is 0.776. The molecule has 2 aromatic rings. The maximum Gasteiger partial charge on any atom is 0.460 e. The van der Waals surface area contributed by atoms with Gasteiger partial charge in [0.25, 0.3) is 0 Å². The second kappa shape index (κ2) is 8.44. The Bertz CT molecular complexity index is 954. The van der Waals surface area contributed by atoms with E-state index in [2.05, 4.69) is 0 Å². The molecule has 12 heteroatoms. The zero-order valence-corrected chi connectivity index (χ0v) is 17.0. The standard InChI is InChI=1S/C21H17F11O/c1-16(33-2,15-11-7-6-10-14(15)13-8-4-3-5-9-13)12-17(22,23)18(24,25)19(26,27)20(28,29)21(30,31)32/h3-11H,12H2,1-2H3. The van der Waals surface area contributed by atoms with Gasteiger partial charge >= 0.3 is 29.9 Å². The molecule has 1 unspecified atom stereocenters. The summed E-state index contributed by atoms with van der Waals surface area (Å²) in [4.78, 5) is 0. The number of hydrogen-bond donors (Lipinski definition) is 0. The van der Waals surface area contributed by atoms with Crippen LogP contribution >= 0.6 is 0 Å². The first-order chi connectivity index (χ1) is 14.9. The molecule has 0 saturated heterocycles. The first kappa shape index (κ1) is 26.9. The van der Waals surface area contributed by atoms with E-state index in [9.17, 15) is 48.3 Å². The minimum atomic E-state index is -7.46. The smallest absolute Gasteiger partial charge is 0.374 e. The highest BCUT2D eigenvalue weighted by molar-refractivity contribution is 5.68. The Hall–Kier alpha value is -2.37. The van der Waals surface area contributed by atoms with Crippen LogP contribution in [0.5, 0.6) is 0 Å². The second-order valence-electron chi connectivity index (χ2n) is 7.45. The van der Waals surface area contributed by atoms with Crippen molar-refractivity contribution in [2.45, 2.75) is 48.8 Å². The van der Waals surface area contributed by atoms with Gasteiger partial charge in [-0.15, -0.1) is 0 Å². The second-order valence-corrected chi connectivity index (χ2v) is 7.45. The number of hydrogen-bond acceptors (Lipinski definition) is 1. The third-order valence-corrected chi connectivity index (χ3v) is 5.20. The minimum absolute atomic E-state index is 0.161. The average Bonchev–Trinajstić information content (AvgIpc) is 2.72. The van der Waals surface area contributed by atoms with Crippen LogP contribution in [0.25, 0.3) is 11.1 Å². The Balaban J connectivity index is 2.58. The van der Waals surface area contributed by atoms with Crippen molar-refractivity contribution in [3.8, 4) is 11.1 Å². The van der Waals surface area contributed by atoms with Crippen LogP contribution in [0, 0.1) is 0 Å². The molecule has 0 aromatic heterocycles. The molecule has 0 aliphatic heterocycles. The van der Waals surface area contributed by atoms with Gasteiger partial charge in [-0.1, -0.05) is 54.6 Å². The van der Waals surface area contributed by atoms with Gasteiger partial charge in [-0.05, 0) is 23.6 Å². The van der Waals surface area contributed by atoms with E-state index in [-0.39, 0.29) is 11.1 Å². The number of methoxy groups -OCH3 is 1. The Morgan fingerprint density at radius 2 is 1.12 bits per heavy atom. The van der Waals surface area contributed by atoms with Gasteiger partial charge in [0.2, 0.25) is 0 Å². The Labute approximate surface area is 181 Å². The third-order valence-electron chi connectivity index (χ3n) is 5.20. The van der Waals surface area contributed by atoms with E-state index < -0.39 is 41.9 Å². The molecular weight excluding hydrogens is 477 g/mol. The van der Waals surface area contributed by atoms with Crippen LogP contribution in [0.2, 0.25) is 0 Å². The highest BCUT2D eigenvalue weighted by atomic mass is 19.4. The van der Waals surface area contributed by atoms with Crippen molar-refractivity contribution >= 4 is 0 Å². The molecule has 0 spiro atoms. The van der Waals surface area contributed by atoms with Crippen molar-refractivity contribution < 1.29 is 53.0 Å². The first-order valence-electron chi connectivity index (χ1n) is 9.14. The molecule has 2 aromatic carbocycles. The summed E-state index contributed by atoms with van der Waals surface area (Å²) in [6.07, 6.45) is -9.54. The zero-order valence-electron chi connectivity index (χ0n) is 17.0. The molecule has 1 atom stereocenters. The molecule has 2 rings (SSSR count). The highest BCUT2D eigenvalue weighted by Gasteiger charge is 2.87. The Kier molecular flexibility index (Phi) is 6.88. The fourth-order valence-corrected chi connectivity index (χ4v) is 3.23. The minimum Gasteiger partial charge on any atom is -0.374 e. The van der Waals surface area contributed by atoms with Crippen LogP contribution in [0.15, 0.2) is 54.6 Å². The van der Waals surface area contributed by atoms with Crippen LogP contribution in [0.1, 0.15) is 18.9 Å². The van der Waals surface area contributed by atoms with Crippen molar-refractivity contribution in [1.29, 1.82) is 0 Å². The number of halogens is 11. The monoisotopic (exact) mass is 494 g/mol. The normalized spacial score (nSPS) is 15.9. The molecule has 184 valence electrons. The number of alkyl halides is 11. The Morgan fingerprint density at radius 3 is 1.61 bits per heavy atom. The van der Waals surface area contributed by atoms with E-state index >= 15 is 0 Å². The van der Waals surface area contributed by atoms with Gasteiger partial charge in [-0.25, -0.2) is 0 Å². The summed E-state index contributed by atoms with van der Waals surface area (Å²) in [6.45, 7) is 0.804. The summed E-state index contributed by atoms with van der Waals surface area (Å²) in [6, 6.07) is 13.0. The topological polar surface area (TPSA) is 9.23 Å². The number of ether oxygens (including phenoxy) is 1. The predicted molar refractivity (Wildman–Crippen MR) is 96.7 cm³/mol. The van der Waals surface area contributed by atoms with Crippen molar-refractivity contribution in [1.82, 2.24) is 0 Å². The van der Waals surface area contributed by atoms with Gasteiger partial charge in [0.1, 0.15) is 0 Å². The van der Waals surface area contributed by atoms with Crippen molar-refractivity contribution in [3.05, 3.63) is 60.2 Å². The fourth-order valence-electron chi connectivity index (χ4n) is 3.23. The van der Waals surface area contributed by atoms with Crippen LogP contribution < -0.4 is 0 Å². The van der Waals surface area contributed by atoms with E-state index in [0.717, 1.165) is 20.1 Å². The van der Waals surface area contributed by atoms with E-state index in [4.69, 9.17) is 4.74 Å². The predicted octanol–water partition coefficient (Wildman–Crippen LogP) is 7.71. The summed E-state index contributed by atoms with van der Waals surface area (Å²) in [5, 5.41) is 0. The molecule has 0 aliphatic carbocycles. The molecule has 0 radical (unpaired) electrons. The van der Waals surface area contributed by atoms with E-state index in [1.165, 1.54) is 30.3 Å². The summed E-state index contributed by atoms with van der Waals surface area (Å²) in [5.41, 5.74) is -2.16. The molecule has 0 N–H and O–H groups in total.